The maximum absolute atomic E-state index is 5.93. The molecule has 0 fully saturated rings. The van der Waals surface area contributed by atoms with Gasteiger partial charge < -0.3 is 5.32 Å². The maximum Gasteiger partial charge on any atom is 0.153 e. The fourth-order valence-electron chi connectivity index (χ4n) is 1.07. The third-order valence-corrected chi connectivity index (χ3v) is 2.89. The molecule has 0 aliphatic carbocycles. The summed E-state index contributed by atoms with van der Waals surface area (Å²) in [6, 6.07) is 2.07. The van der Waals surface area contributed by atoms with E-state index in [1.165, 1.54) is 4.88 Å². The number of anilines is 1. The fourth-order valence-corrected chi connectivity index (χ4v) is 2.27. The Morgan fingerprint density at radius 3 is 3.27 bits per heavy atom. The number of nitrogens with one attached hydrogen (secondary N) is 1. The number of aliphatic imine (C=N–C) groups is 1. The van der Waals surface area contributed by atoms with E-state index < -0.39 is 0 Å². The smallest absolute Gasteiger partial charge is 0.153 e. The molecule has 4 heteroatoms. The van der Waals surface area contributed by atoms with Gasteiger partial charge in [0.2, 0.25) is 0 Å². The van der Waals surface area contributed by atoms with E-state index in [1.54, 1.807) is 17.7 Å². The Morgan fingerprint density at radius 2 is 2.55 bits per heavy atom. The van der Waals surface area contributed by atoms with E-state index in [4.69, 9.17) is 11.6 Å². The molecule has 2 rings (SSSR count). The highest BCUT2D eigenvalue weighted by Crippen LogP contribution is 2.37. The van der Waals surface area contributed by atoms with Crippen LogP contribution in [0.5, 0.6) is 0 Å². The molecule has 0 amide bonds. The first-order valence-electron chi connectivity index (χ1n) is 3.30. The zero-order chi connectivity index (χ0) is 7.84. The van der Waals surface area contributed by atoms with Crippen molar-refractivity contribution >= 4 is 34.3 Å². The summed E-state index contributed by atoms with van der Waals surface area (Å²) < 4.78 is 0. The molecule has 0 bridgehead atoms. The Labute approximate surface area is 73.9 Å². The normalized spacial score (nSPS) is 21.1. The van der Waals surface area contributed by atoms with Gasteiger partial charge >= 0.3 is 0 Å². The number of aryl methyl sites for hydroxylation is 1. The highest BCUT2D eigenvalue weighted by Gasteiger charge is 2.16. The topological polar surface area (TPSA) is 24.4 Å². The van der Waals surface area contributed by atoms with Crippen LogP contribution in [0.1, 0.15) is 15.9 Å². The molecule has 11 heavy (non-hydrogen) atoms. The van der Waals surface area contributed by atoms with Crippen molar-refractivity contribution in [3.63, 3.8) is 0 Å². The molecule has 0 aromatic carbocycles. The molecule has 1 aromatic rings. The lowest BCUT2D eigenvalue weighted by Gasteiger charge is -2.10. The highest BCUT2D eigenvalue weighted by atomic mass is 35.5. The van der Waals surface area contributed by atoms with Crippen molar-refractivity contribution in [1.82, 2.24) is 0 Å². The van der Waals surface area contributed by atoms with Gasteiger partial charge in [0.15, 0.2) is 5.50 Å². The number of fused-ring (bicyclic) bond motifs is 1. The van der Waals surface area contributed by atoms with E-state index in [0.29, 0.717) is 0 Å². The molecule has 0 spiro atoms. The number of halogens is 1. The molecule has 0 radical (unpaired) electrons. The molecule has 2 nitrogen and oxygen atoms in total. The summed E-state index contributed by atoms with van der Waals surface area (Å²) in [6.07, 6.45) is 1.65. The third kappa shape index (κ3) is 1.14. The summed E-state index contributed by atoms with van der Waals surface area (Å²) in [7, 11) is 0. The van der Waals surface area contributed by atoms with Gasteiger partial charge in [-0.2, -0.15) is 0 Å². The lowest BCUT2D eigenvalue weighted by atomic mass is 10.3. The van der Waals surface area contributed by atoms with Crippen molar-refractivity contribution in [2.75, 3.05) is 5.32 Å². The average Bonchev–Trinajstić information content (AvgIpc) is 2.31. The molecule has 1 N–H and O–H groups in total. The molecule has 2 heterocycles. The molecule has 58 valence electrons. The molecule has 1 aliphatic rings. The fraction of sp³-hybridized carbons (Fsp3) is 0.286. The van der Waals surface area contributed by atoms with E-state index in [1.807, 2.05) is 0 Å². The van der Waals surface area contributed by atoms with Crippen LogP contribution < -0.4 is 5.32 Å². The Morgan fingerprint density at radius 1 is 1.73 bits per heavy atom. The largest absolute Gasteiger partial charge is 0.338 e. The average molecular weight is 187 g/mol. The predicted octanol–water partition coefficient (Wildman–Crippen LogP) is 2.75. The van der Waals surface area contributed by atoms with Crippen LogP contribution in [0.15, 0.2) is 11.1 Å². The van der Waals surface area contributed by atoms with E-state index in [2.05, 4.69) is 23.3 Å². The summed E-state index contributed by atoms with van der Waals surface area (Å²) in [5.74, 6) is 0. The first-order valence-corrected chi connectivity index (χ1v) is 4.55. The van der Waals surface area contributed by atoms with Crippen molar-refractivity contribution in [2.24, 2.45) is 4.99 Å². The Balaban J connectivity index is 2.49. The lowest BCUT2D eigenvalue weighted by molar-refractivity contribution is 1.02. The SMILES string of the molecule is Cc1cc2c(s1)NC=NC2Cl. The zero-order valence-corrected chi connectivity index (χ0v) is 7.54. The summed E-state index contributed by atoms with van der Waals surface area (Å²) >= 11 is 7.64. The second-order valence-electron chi connectivity index (χ2n) is 2.40. The van der Waals surface area contributed by atoms with Gasteiger partial charge in [0, 0.05) is 10.4 Å². The molecule has 1 aromatic heterocycles. The number of hydrogen-bond donors (Lipinski definition) is 1. The minimum Gasteiger partial charge on any atom is -0.338 e. The molecule has 1 unspecified atom stereocenters. The van der Waals surface area contributed by atoms with Crippen LogP contribution in [0.2, 0.25) is 0 Å². The first kappa shape index (κ1) is 7.13. The minimum atomic E-state index is -0.198. The van der Waals surface area contributed by atoms with Crippen molar-refractivity contribution < 1.29 is 0 Å². The summed E-state index contributed by atoms with van der Waals surface area (Å²) in [5, 5.41) is 4.18. The number of hydrogen-bond acceptors (Lipinski definition) is 3. The number of rotatable bonds is 0. The molecular formula is C7H7ClN2S. The standard InChI is InChI=1S/C7H7ClN2S/c1-4-2-5-6(8)9-3-10-7(5)11-4/h2-3,6H,1H3,(H,9,10). The van der Waals surface area contributed by atoms with Crippen molar-refractivity contribution in [3.8, 4) is 0 Å². The number of nitrogens with zero attached hydrogens (tertiary/aromatic N) is 1. The Kier molecular flexibility index (Phi) is 1.62. The van der Waals surface area contributed by atoms with Gasteiger partial charge in [0.05, 0.1) is 6.34 Å². The number of alkyl halides is 1. The van der Waals surface area contributed by atoms with Crippen molar-refractivity contribution in [3.05, 3.63) is 16.5 Å². The molecule has 1 aliphatic heterocycles. The van der Waals surface area contributed by atoms with Crippen LogP contribution in [0.4, 0.5) is 5.00 Å². The van der Waals surface area contributed by atoms with Gasteiger partial charge in [0.25, 0.3) is 0 Å². The summed E-state index contributed by atoms with van der Waals surface area (Å²) in [4.78, 5) is 5.28. The highest BCUT2D eigenvalue weighted by molar-refractivity contribution is 7.16. The van der Waals surface area contributed by atoms with Crippen LogP contribution >= 0.6 is 22.9 Å². The number of thiophene rings is 1. The quantitative estimate of drug-likeness (QED) is 0.489. The van der Waals surface area contributed by atoms with E-state index in [0.717, 1.165) is 10.6 Å². The predicted molar refractivity (Wildman–Crippen MR) is 49.8 cm³/mol. The maximum atomic E-state index is 5.93. The van der Waals surface area contributed by atoms with Gasteiger partial charge in [-0.1, -0.05) is 11.6 Å². The van der Waals surface area contributed by atoms with Gasteiger partial charge in [0.1, 0.15) is 5.00 Å². The van der Waals surface area contributed by atoms with Gasteiger partial charge in [-0.25, -0.2) is 0 Å². The molecular weight excluding hydrogens is 180 g/mol. The monoisotopic (exact) mass is 186 g/mol. The van der Waals surface area contributed by atoms with Crippen LogP contribution in [-0.2, 0) is 0 Å². The van der Waals surface area contributed by atoms with Crippen LogP contribution in [0, 0.1) is 6.92 Å². The van der Waals surface area contributed by atoms with Crippen LogP contribution in [0.3, 0.4) is 0 Å². The minimum absolute atomic E-state index is 0.198. The summed E-state index contributed by atoms with van der Waals surface area (Å²) in [5.41, 5.74) is 0.896. The summed E-state index contributed by atoms with van der Waals surface area (Å²) in [6.45, 7) is 2.06. The molecule has 0 saturated heterocycles. The van der Waals surface area contributed by atoms with Gasteiger partial charge in [-0.15, -0.1) is 11.3 Å². The second kappa shape index (κ2) is 2.50. The van der Waals surface area contributed by atoms with E-state index >= 15 is 0 Å². The van der Waals surface area contributed by atoms with Crippen LogP contribution in [-0.4, -0.2) is 6.34 Å². The van der Waals surface area contributed by atoms with Gasteiger partial charge in [-0.3, -0.25) is 4.99 Å². The van der Waals surface area contributed by atoms with E-state index in [-0.39, 0.29) is 5.50 Å². The van der Waals surface area contributed by atoms with E-state index in [9.17, 15) is 0 Å². The third-order valence-electron chi connectivity index (χ3n) is 1.54. The Hall–Kier alpha value is -0.540. The van der Waals surface area contributed by atoms with Crippen molar-refractivity contribution in [2.45, 2.75) is 12.4 Å². The second-order valence-corrected chi connectivity index (χ2v) is 4.07. The Bertz CT molecular complexity index is 305. The first-order chi connectivity index (χ1) is 5.27. The molecule has 0 saturated carbocycles. The zero-order valence-electron chi connectivity index (χ0n) is 5.97. The lowest BCUT2D eigenvalue weighted by Crippen LogP contribution is -2.03. The van der Waals surface area contributed by atoms with Crippen LogP contribution in [0.25, 0.3) is 0 Å². The van der Waals surface area contributed by atoms with Gasteiger partial charge in [-0.05, 0) is 13.0 Å². The molecule has 1 atom stereocenters. The van der Waals surface area contributed by atoms with Crippen molar-refractivity contribution in [1.29, 1.82) is 0 Å².